The normalized spacial score (nSPS) is 10.1. The van der Waals surface area contributed by atoms with E-state index in [-0.39, 0.29) is 18.0 Å². The summed E-state index contributed by atoms with van der Waals surface area (Å²) >= 11 is 0. The number of Topliss-reactive ketones (excluding diaryl/α,β-unsaturated/α-hetero) is 1. The third-order valence-electron chi connectivity index (χ3n) is 2.04. The number of aromatic nitrogens is 2. The van der Waals surface area contributed by atoms with Crippen molar-refractivity contribution in [2.24, 2.45) is 7.05 Å². The van der Waals surface area contributed by atoms with Gasteiger partial charge in [-0.3, -0.25) is 9.48 Å². The number of ketones is 1. The van der Waals surface area contributed by atoms with Crippen molar-refractivity contribution in [1.29, 1.82) is 0 Å². The van der Waals surface area contributed by atoms with E-state index < -0.39 is 5.97 Å². The van der Waals surface area contributed by atoms with Gasteiger partial charge < -0.3 is 4.74 Å². The highest BCUT2D eigenvalue weighted by Gasteiger charge is 2.23. The van der Waals surface area contributed by atoms with E-state index in [4.69, 9.17) is 4.74 Å². The van der Waals surface area contributed by atoms with Crippen molar-refractivity contribution < 1.29 is 14.3 Å². The summed E-state index contributed by atoms with van der Waals surface area (Å²) in [7, 11) is 1.63. The Morgan fingerprint density at radius 1 is 1.47 bits per heavy atom. The van der Waals surface area contributed by atoms with Gasteiger partial charge in [-0.25, -0.2) is 4.79 Å². The maximum Gasteiger partial charge on any atom is 0.342 e. The van der Waals surface area contributed by atoms with E-state index in [0.717, 1.165) is 0 Å². The molecule has 0 spiro atoms. The second-order valence-electron chi connectivity index (χ2n) is 3.21. The smallest absolute Gasteiger partial charge is 0.342 e. The van der Waals surface area contributed by atoms with Crippen molar-refractivity contribution in [2.45, 2.75) is 20.8 Å². The van der Waals surface area contributed by atoms with Crippen LogP contribution in [0.4, 0.5) is 0 Å². The van der Waals surface area contributed by atoms with Gasteiger partial charge in [0.25, 0.3) is 0 Å². The van der Waals surface area contributed by atoms with Crippen LogP contribution in [0.15, 0.2) is 0 Å². The molecule has 0 aromatic carbocycles. The molecule has 0 aliphatic carbocycles. The van der Waals surface area contributed by atoms with E-state index >= 15 is 0 Å². The quantitative estimate of drug-likeness (QED) is 0.553. The fourth-order valence-electron chi connectivity index (χ4n) is 1.51. The first-order valence-electron chi connectivity index (χ1n) is 4.70. The summed E-state index contributed by atoms with van der Waals surface area (Å²) in [5, 5.41) is 4.03. The summed E-state index contributed by atoms with van der Waals surface area (Å²) in [4.78, 5) is 22.9. The Morgan fingerprint density at radius 2 is 2.07 bits per heavy atom. The minimum Gasteiger partial charge on any atom is -0.462 e. The van der Waals surface area contributed by atoms with Crippen molar-refractivity contribution in [3.63, 3.8) is 0 Å². The second kappa shape index (κ2) is 4.25. The Kier molecular flexibility index (Phi) is 3.24. The molecule has 1 heterocycles. The van der Waals surface area contributed by atoms with Crippen LogP contribution in [0.2, 0.25) is 0 Å². The summed E-state index contributed by atoms with van der Waals surface area (Å²) < 4.78 is 6.28. The van der Waals surface area contributed by atoms with Crippen molar-refractivity contribution >= 4 is 11.8 Å². The average molecular weight is 210 g/mol. The monoisotopic (exact) mass is 210 g/mol. The number of ether oxygens (including phenoxy) is 1. The third kappa shape index (κ3) is 2.06. The lowest BCUT2D eigenvalue weighted by Crippen LogP contribution is -2.12. The summed E-state index contributed by atoms with van der Waals surface area (Å²) in [6.45, 7) is 5.08. The topological polar surface area (TPSA) is 61.2 Å². The molecule has 0 fully saturated rings. The molecule has 0 amide bonds. The number of hydrogen-bond donors (Lipinski definition) is 0. The Balaban J connectivity index is 3.26. The largest absolute Gasteiger partial charge is 0.462 e. The van der Waals surface area contributed by atoms with E-state index in [9.17, 15) is 9.59 Å². The molecule has 5 nitrogen and oxygen atoms in total. The first kappa shape index (κ1) is 11.4. The molecule has 15 heavy (non-hydrogen) atoms. The van der Waals surface area contributed by atoms with Crippen molar-refractivity contribution in [2.75, 3.05) is 6.61 Å². The molecule has 0 unspecified atom stereocenters. The van der Waals surface area contributed by atoms with Gasteiger partial charge in [0.1, 0.15) is 11.3 Å². The number of carbonyl (C=O) groups is 2. The number of rotatable bonds is 3. The van der Waals surface area contributed by atoms with Gasteiger partial charge in [-0.1, -0.05) is 0 Å². The molecule has 0 saturated carbocycles. The van der Waals surface area contributed by atoms with Crippen LogP contribution < -0.4 is 0 Å². The van der Waals surface area contributed by atoms with Gasteiger partial charge >= 0.3 is 5.97 Å². The molecule has 0 aliphatic rings. The molecule has 0 N–H and O–H groups in total. The molecule has 5 heteroatoms. The molecule has 82 valence electrons. The lowest BCUT2D eigenvalue weighted by Gasteiger charge is -2.02. The standard InChI is InChI=1S/C10H14N2O3/c1-5-15-10(14)8-6(2)11-12(4)9(8)7(3)13/h5H2,1-4H3. The van der Waals surface area contributed by atoms with E-state index in [1.54, 1.807) is 20.9 Å². The van der Waals surface area contributed by atoms with Crippen LogP contribution in [-0.4, -0.2) is 28.1 Å². The van der Waals surface area contributed by atoms with Gasteiger partial charge in [-0.05, 0) is 13.8 Å². The summed E-state index contributed by atoms with van der Waals surface area (Å²) in [5.74, 6) is -0.686. The number of esters is 1. The van der Waals surface area contributed by atoms with Crippen molar-refractivity contribution in [3.05, 3.63) is 17.0 Å². The van der Waals surface area contributed by atoms with Crippen molar-refractivity contribution in [1.82, 2.24) is 9.78 Å². The van der Waals surface area contributed by atoms with Crippen LogP contribution in [0.3, 0.4) is 0 Å². The van der Waals surface area contributed by atoms with Gasteiger partial charge in [0.05, 0.1) is 12.3 Å². The van der Waals surface area contributed by atoms with Crippen LogP contribution in [0, 0.1) is 6.92 Å². The molecule has 0 radical (unpaired) electrons. The van der Waals surface area contributed by atoms with Crippen LogP contribution in [0.5, 0.6) is 0 Å². The number of hydrogen-bond acceptors (Lipinski definition) is 4. The molecule has 1 aromatic heterocycles. The van der Waals surface area contributed by atoms with E-state index in [0.29, 0.717) is 11.4 Å². The molecule has 1 aromatic rings. The SMILES string of the molecule is CCOC(=O)c1c(C)nn(C)c1C(C)=O. The Hall–Kier alpha value is -1.65. The minimum atomic E-state index is -0.492. The molecule has 0 bridgehead atoms. The number of nitrogens with zero attached hydrogens (tertiary/aromatic N) is 2. The summed E-state index contributed by atoms with van der Waals surface area (Å²) in [6, 6.07) is 0. The zero-order valence-corrected chi connectivity index (χ0v) is 9.33. The van der Waals surface area contributed by atoms with E-state index in [1.165, 1.54) is 11.6 Å². The average Bonchev–Trinajstić information content (AvgIpc) is 2.41. The van der Waals surface area contributed by atoms with Gasteiger partial charge in [-0.2, -0.15) is 5.10 Å². The molecule has 0 saturated heterocycles. The summed E-state index contributed by atoms with van der Waals surface area (Å²) in [5.41, 5.74) is 1.08. The Bertz CT molecular complexity index is 407. The fourth-order valence-corrected chi connectivity index (χ4v) is 1.51. The van der Waals surface area contributed by atoms with E-state index in [1.807, 2.05) is 0 Å². The van der Waals surface area contributed by atoms with Gasteiger partial charge in [0, 0.05) is 14.0 Å². The zero-order chi connectivity index (χ0) is 11.6. The minimum absolute atomic E-state index is 0.193. The third-order valence-corrected chi connectivity index (χ3v) is 2.04. The molecular formula is C10H14N2O3. The lowest BCUT2D eigenvalue weighted by atomic mass is 10.1. The lowest BCUT2D eigenvalue weighted by molar-refractivity contribution is 0.0522. The zero-order valence-electron chi connectivity index (χ0n) is 9.33. The maximum absolute atomic E-state index is 11.6. The molecular weight excluding hydrogens is 196 g/mol. The van der Waals surface area contributed by atoms with E-state index in [2.05, 4.69) is 5.10 Å². The van der Waals surface area contributed by atoms with Crippen LogP contribution >= 0.6 is 0 Å². The highest BCUT2D eigenvalue weighted by atomic mass is 16.5. The van der Waals surface area contributed by atoms with Gasteiger partial charge in [0.2, 0.25) is 0 Å². The predicted octanol–water partition coefficient (Wildman–Crippen LogP) is 1.11. The number of aryl methyl sites for hydroxylation is 2. The van der Waals surface area contributed by atoms with Crippen LogP contribution in [0.25, 0.3) is 0 Å². The van der Waals surface area contributed by atoms with Gasteiger partial charge in [0.15, 0.2) is 5.78 Å². The van der Waals surface area contributed by atoms with Crippen molar-refractivity contribution in [3.8, 4) is 0 Å². The van der Waals surface area contributed by atoms with Crippen LogP contribution in [-0.2, 0) is 11.8 Å². The number of carbonyl (C=O) groups excluding carboxylic acids is 2. The van der Waals surface area contributed by atoms with Crippen LogP contribution in [0.1, 0.15) is 40.4 Å². The first-order chi connectivity index (χ1) is 6.99. The maximum atomic E-state index is 11.6. The second-order valence-corrected chi connectivity index (χ2v) is 3.21. The molecule has 0 aliphatic heterocycles. The molecule has 1 rings (SSSR count). The van der Waals surface area contributed by atoms with Gasteiger partial charge in [-0.15, -0.1) is 0 Å². The predicted molar refractivity (Wildman–Crippen MR) is 53.9 cm³/mol. The molecule has 0 atom stereocenters. The highest BCUT2D eigenvalue weighted by Crippen LogP contribution is 2.15. The first-order valence-corrected chi connectivity index (χ1v) is 4.70. The Labute approximate surface area is 88.0 Å². The Morgan fingerprint density at radius 3 is 2.53 bits per heavy atom. The fraction of sp³-hybridized carbons (Fsp3) is 0.500. The summed E-state index contributed by atoms with van der Waals surface area (Å²) in [6.07, 6.45) is 0. The highest BCUT2D eigenvalue weighted by molar-refractivity contribution is 6.04.